The number of anilines is 2. The molecule has 0 unspecified atom stereocenters. The van der Waals surface area contributed by atoms with Gasteiger partial charge < -0.3 is 20.1 Å². The number of benzene rings is 2. The summed E-state index contributed by atoms with van der Waals surface area (Å²) >= 11 is 0. The molecule has 23 heavy (non-hydrogen) atoms. The molecule has 5 nitrogen and oxygen atoms in total. The summed E-state index contributed by atoms with van der Waals surface area (Å²) in [6.07, 6.45) is 1.07. The van der Waals surface area contributed by atoms with E-state index in [4.69, 9.17) is 9.47 Å². The van der Waals surface area contributed by atoms with Crippen LogP contribution < -0.4 is 20.1 Å². The molecular weight excluding hydrogens is 292 g/mol. The average Bonchev–Trinajstić information content (AvgIpc) is 2.59. The lowest BCUT2D eigenvalue weighted by Gasteiger charge is -2.11. The van der Waals surface area contributed by atoms with E-state index in [1.807, 2.05) is 36.4 Å². The first-order valence-electron chi connectivity index (χ1n) is 7.62. The monoisotopic (exact) mass is 314 g/mol. The first-order chi connectivity index (χ1) is 11.2. The number of amides is 1. The molecule has 122 valence electrons. The van der Waals surface area contributed by atoms with Crippen LogP contribution in [0.4, 0.5) is 11.4 Å². The SMILES string of the molecule is CCCNc1ccc(NC(=O)COc2ccccc2OC)cc1. The summed E-state index contributed by atoms with van der Waals surface area (Å²) in [7, 11) is 1.57. The Morgan fingerprint density at radius 1 is 1.00 bits per heavy atom. The van der Waals surface area contributed by atoms with Crippen molar-refractivity contribution in [2.75, 3.05) is 30.9 Å². The minimum Gasteiger partial charge on any atom is -0.493 e. The molecule has 0 saturated heterocycles. The molecule has 2 N–H and O–H groups in total. The summed E-state index contributed by atoms with van der Waals surface area (Å²) in [6.45, 7) is 2.97. The number of ether oxygens (including phenoxy) is 2. The van der Waals surface area contributed by atoms with Crippen molar-refractivity contribution in [2.45, 2.75) is 13.3 Å². The van der Waals surface area contributed by atoms with E-state index in [-0.39, 0.29) is 12.5 Å². The van der Waals surface area contributed by atoms with Crippen LogP contribution in [0.2, 0.25) is 0 Å². The van der Waals surface area contributed by atoms with Gasteiger partial charge in [-0.1, -0.05) is 19.1 Å². The fraction of sp³-hybridized carbons (Fsp3) is 0.278. The predicted octanol–water partition coefficient (Wildman–Crippen LogP) is 3.53. The van der Waals surface area contributed by atoms with Gasteiger partial charge in [0.25, 0.3) is 5.91 Å². The van der Waals surface area contributed by atoms with Gasteiger partial charge in [0, 0.05) is 17.9 Å². The first kappa shape index (κ1) is 16.7. The van der Waals surface area contributed by atoms with Crippen molar-refractivity contribution in [3.05, 3.63) is 48.5 Å². The molecule has 5 heteroatoms. The zero-order valence-corrected chi connectivity index (χ0v) is 13.5. The largest absolute Gasteiger partial charge is 0.493 e. The Kier molecular flexibility index (Phi) is 6.29. The van der Waals surface area contributed by atoms with Gasteiger partial charge in [-0.25, -0.2) is 0 Å². The Labute approximate surface area is 136 Å². The molecule has 0 bridgehead atoms. The summed E-state index contributed by atoms with van der Waals surface area (Å²) in [4.78, 5) is 11.9. The summed E-state index contributed by atoms with van der Waals surface area (Å²) in [5, 5.41) is 6.08. The van der Waals surface area contributed by atoms with Gasteiger partial charge in [-0.05, 0) is 42.8 Å². The predicted molar refractivity (Wildman–Crippen MR) is 92.3 cm³/mol. The van der Waals surface area contributed by atoms with E-state index in [1.165, 1.54) is 0 Å². The van der Waals surface area contributed by atoms with Crippen molar-refractivity contribution in [1.29, 1.82) is 0 Å². The number of methoxy groups -OCH3 is 1. The van der Waals surface area contributed by atoms with Crippen LogP contribution in [0.3, 0.4) is 0 Å². The van der Waals surface area contributed by atoms with Crippen molar-refractivity contribution in [2.24, 2.45) is 0 Å². The molecule has 0 fully saturated rings. The smallest absolute Gasteiger partial charge is 0.262 e. The Morgan fingerprint density at radius 2 is 1.65 bits per heavy atom. The zero-order chi connectivity index (χ0) is 16.5. The van der Waals surface area contributed by atoms with Gasteiger partial charge in [0.15, 0.2) is 18.1 Å². The molecule has 0 heterocycles. The van der Waals surface area contributed by atoms with Crippen molar-refractivity contribution in [3.63, 3.8) is 0 Å². The van der Waals surface area contributed by atoms with Crippen molar-refractivity contribution in [1.82, 2.24) is 0 Å². The molecule has 2 aromatic carbocycles. The molecule has 2 aromatic rings. The van der Waals surface area contributed by atoms with Gasteiger partial charge in [-0.2, -0.15) is 0 Å². The third-order valence-electron chi connectivity index (χ3n) is 3.18. The number of carbonyl (C=O) groups is 1. The highest BCUT2D eigenvalue weighted by Crippen LogP contribution is 2.25. The summed E-state index contributed by atoms with van der Waals surface area (Å²) < 4.78 is 10.7. The normalized spacial score (nSPS) is 10.0. The molecule has 0 aromatic heterocycles. The van der Waals surface area contributed by atoms with E-state index < -0.39 is 0 Å². The van der Waals surface area contributed by atoms with E-state index >= 15 is 0 Å². The van der Waals surface area contributed by atoms with Crippen LogP contribution in [0.5, 0.6) is 11.5 Å². The van der Waals surface area contributed by atoms with Gasteiger partial charge in [0.1, 0.15) is 0 Å². The Morgan fingerprint density at radius 3 is 2.30 bits per heavy atom. The van der Waals surface area contributed by atoms with E-state index in [9.17, 15) is 4.79 Å². The molecule has 0 radical (unpaired) electrons. The minimum atomic E-state index is -0.217. The van der Waals surface area contributed by atoms with E-state index in [1.54, 1.807) is 19.2 Å². The maximum absolute atomic E-state index is 11.9. The van der Waals surface area contributed by atoms with Gasteiger partial charge in [-0.3, -0.25) is 4.79 Å². The molecule has 0 aliphatic carbocycles. The first-order valence-corrected chi connectivity index (χ1v) is 7.62. The molecule has 2 rings (SSSR count). The van der Waals surface area contributed by atoms with Gasteiger partial charge >= 0.3 is 0 Å². The van der Waals surface area contributed by atoms with Crippen LogP contribution in [0, 0.1) is 0 Å². The standard InChI is InChI=1S/C18H22N2O3/c1-3-12-19-14-8-10-15(11-9-14)20-18(21)13-23-17-7-5-4-6-16(17)22-2/h4-11,19H,3,12-13H2,1-2H3,(H,20,21). The lowest BCUT2D eigenvalue weighted by atomic mass is 10.2. The van der Waals surface area contributed by atoms with Gasteiger partial charge in [-0.15, -0.1) is 0 Å². The number of rotatable bonds is 8. The third kappa shape index (κ3) is 5.21. The highest BCUT2D eigenvalue weighted by Gasteiger charge is 2.07. The maximum Gasteiger partial charge on any atom is 0.262 e. The summed E-state index contributed by atoms with van der Waals surface area (Å²) in [6, 6.07) is 14.8. The number of nitrogens with one attached hydrogen (secondary N) is 2. The summed E-state index contributed by atoms with van der Waals surface area (Å²) in [5.74, 6) is 0.932. The lowest BCUT2D eigenvalue weighted by molar-refractivity contribution is -0.118. The van der Waals surface area contributed by atoms with Crippen LogP contribution in [0.25, 0.3) is 0 Å². The highest BCUT2D eigenvalue weighted by atomic mass is 16.5. The quantitative estimate of drug-likeness (QED) is 0.782. The molecule has 0 aliphatic rings. The number of para-hydroxylation sites is 2. The highest BCUT2D eigenvalue weighted by molar-refractivity contribution is 5.92. The van der Waals surface area contributed by atoms with E-state index in [2.05, 4.69) is 17.6 Å². The Balaban J connectivity index is 1.84. The lowest BCUT2D eigenvalue weighted by Crippen LogP contribution is -2.20. The fourth-order valence-corrected chi connectivity index (χ4v) is 2.02. The topological polar surface area (TPSA) is 59.6 Å². The van der Waals surface area contributed by atoms with Gasteiger partial charge in [0.05, 0.1) is 7.11 Å². The van der Waals surface area contributed by atoms with Crippen LogP contribution in [0.1, 0.15) is 13.3 Å². The third-order valence-corrected chi connectivity index (χ3v) is 3.18. The van der Waals surface area contributed by atoms with Crippen LogP contribution in [-0.2, 0) is 4.79 Å². The second-order valence-electron chi connectivity index (χ2n) is 4.99. The van der Waals surface area contributed by atoms with Gasteiger partial charge in [0.2, 0.25) is 0 Å². The van der Waals surface area contributed by atoms with Crippen molar-refractivity contribution in [3.8, 4) is 11.5 Å². The summed E-state index contributed by atoms with van der Waals surface area (Å²) in [5.41, 5.74) is 1.77. The second-order valence-corrected chi connectivity index (χ2v) is 4.99. The Bertz CT molecular complexity index is 626. The Hall–Kier alpha value is -2.69. The molecule has 0 spiro atoms. The molecule has 0 atom stereocenters. The van der Waals surface area contributed by atoms with Crippen LogP contribution in [0.15, 0.2) is 48.5 Å². The number of hydrogen-bond acceptors (Lipinski definition) is 4. The maximum atomic E-state index is 11.9. The zero-order valence-electron chi connectivity index (χ0n) is 13.5. The number of carbonyl (C=O) groups excluding carboxylic acids is 1. The van der Waals surface area contributed by atoms with Crippen LogP contribution in [-0.4, -0.2) is 26.2 Å². The average molecular weight is 314 g/mol. The second kappa shape index (κ2) is 8.68. The molecule has 0 aliphatic heterocycles. The van der Waals surface area contributed by atoms with Crippen LogP contribution >= 0.6 is 0 Å². The van der Waals surface area contributed by atoms with E-state index in [0.717, 1.165) is 24.3 Å². The fourth-order valence-electron chi connectivity index (χ4n) is 2.02. The van der Waals surface area contributed by atoms with E-state index in [0.29, 0.717) is 11.5 Å². The molecular formula is C18H22N2O3. The minimum absolute atomic E-state index is 0.0732. The molecule has 1 amide bonds. The van der Waals surface area contributed by atoms with Crippen molar-refractivity contribution >= 4 is 17.3 Å². The molecule has 0 saturated carbocycles. The van der Waals surface area contributed by atoms with Crippen molar-refractivity contribution < 1.29 is 14.3 Å². The number of hydrogen-bond donors (Lipinski definition) is 2.